The second-order valence-corrected chi connectivity index (χ2v) is 7.09. The largest absolute Gasteiger partial charge is 0.478 e. The molecule has 1 aliphatic carbocycles. The van der Waals surface area contributed by atoms with E-state index >= 15 is 0 Å². The maximum Gasteiger partial charge on any atom is 0.337 e. The smallest absolute Gasteiger partial charge is 0.337 e. The quantitative estimate of drug-likeness (QED) is 0.924. The van der Waals surface area contributed by atoms with Gasteiger partial charge in [0.05, 0.1) is 16.2 Å². The van der Waals surface area contributed by atoms with Crippen LogP contribution in [0.3, 0.4) is 0 Å². The highest BCUT2D eigenvalue weighted by atomic mass is 79.9. The molecule has 4 nitrogen and oxygen atoms in total. The summed E-state index contributed by atoms with van der Waals surface area (Å²) in [5.74, 6) is -0.975. The molecule has 0 saturated heterocycles. The summed E-state index contributed by atoms with van der Waals surface area (Å²) in [6.07, 6.45) is 1.82. The molecule has 0 spiro atoms. The topological polar surface area (TPSA) is 71.4 Å². The van der Waals surface area contributed by atoms with Gasteiger partial charge in [0.1, 0.15) is 0 Å². The Morgan fingerprint density at radius 3 is 2.59 bits per heavy atom. The lowest BCUT2D eigenvalue weighted by Crippen LogP contribution is -2.13. The zero-order chi connectivity index (χ0) is 12.6. The first-order chi connectivity index (χ1) is 7.90. The summed E-state index contributed by atoms with van der Waals surface area (Å²) in [6.45, 7) is 0. The molecule has 0 bridgehead atoms. The third-order valence-corrected chi connectivity index (χ3v) is 5.07. The van der Waals surface area contributed by atoms with Crippen molar-refractivity contribution in [3.63, 3.8) is 0 Å². The Labute approximate surface area is 108 Å². The minimum atomic E-state index is -3.51. The van der Waals surface area contributed by atoms with E-state index in [1.165, 1.54) is 18.2 Å². The predicted molar refractivity (Wildman–Crippen MR) is 65.9 cm³/mol. The van der Waals surface area contributed by atoms with Crippen molar-refractivity contribution in [3.8, 4) is 0 Å². The fourth-order valence-corrected chi connectivity index (χ4v) is 4.06. The van der Waals surface area contributed by atoms with Crippen LogP contribution in [0, 0.1) is 5.92 Å². The number of hydrogen-bond donors (Lipinski definition) is 1. The molecule has 6 heteroatoms. The lowest BCUT2D eigenvalue weighted by Gasteiger charge is -2.07. The van der Waals surface area contributed by atoms with E-state index in [0.717, 1.165) is 12.8 Å². The molecule has 1 N–H and O–H groups in total. The maximum atomic E-state index is 12.1. The monoisotopic (exact) mass is 318 g/mol. The van der Waals surface area contributed by atoms with E-state index in [-0.39, 0.29) is 22.1 Å². The standard InChI is InChI=1S/C11H11BrO4S/c12-8-3-4-9(11(13)14)10(5-8)17(15,16)6-7-1-2-7/h3-5,7H,1-2,6H2,(H,13,14). The van der Waals surface area contributed by atoms with Crippen molar-refractivity contribution in [3.05, 3.63) is 28.2 Å². The lowest BCUT2D eigenvalue weighted by atomic mass is 10.2. The predicted octanol–water partition coefficient (Wildman–Crippen LogP) is 2.33. The van der Waals surface area contributed by atoms with Crippen molar-refractivity contribution < 1.29 is 18.3 Å². The van der Waals surface area contributed by atoms with Gasteiger partial charge in [0, 0.05) is 4.47 Å². The number of rotatable bonds is 4. The third kappa shape index (κ3) is 2.87. The van der Waals surface area contributed by atoms with Crippen LogP contribution in [0.1, 0.15) is 23.2 Å². The van der Waals surface area contributed by atoms with Gasteiger partial charge < -0.3 is 5.11 Å². The first-order valence-electron chi connectivity index (χ1n) is 5.16. The van der Waals surface area contributed by atoms with Crippen molar-refractivity contribution in [2.45, 2.75) is 17.7 Å². The van der Waals surface area contributed by atoms with E-state index in [0.29, 0.717) is 4.47 Å². The summed E-state index contributed by atoms with van der Waals surface area (Å²) in [5, 5.41) is 8.99. The van der Waals surface area contributed by atoms with Gasteiger partial charge in [-0.3, -0.25) is 0 Å². The van der Waals surface area contributed by atoms with Crippen molar-refractivity contribution >= 4 is 31.7 Å². The number of aromatic carboxylic acids is 1. The first-order valence-corrected chi connectivity index (χ1v) is 7.60. The second-order valence-electron chi connectivity index (χ2n) is 4.17. The van der Waals surface area contributed by atoms with Crippen LogP contribution in [-0.2, 0) is 9.84 Å². The van der Waals surface area contributed by atoms with Gasteiger partial charge >= 0.3 is 5.97 Å². The summed E-state index contributed by atoms with van der Waals surface area (Å²) in [6, 6.07) is 4.20. The van der Waals surface area contributed by atoms with Gasteiger partial charge in [-0.1, -0.05) is 15.9 Å². The normalized spacial score (nSPS) is 15.8. The van der Waals surface area contributed by atoms with Gasteiger partial charge in [0.15, 0.2) is 9.84 Å². The highest BCUT2D eigenvalue weighted by molar-refractivity contribution is 9.10. The number of halogens is 1. The van der Waals surface area contributed by atoms with E-state index in [1.807, 2.05) is 0 Å². The molecule has 0 atom stereocenters. The molecule has 0 aliphatic heterocycles. The van der Waals surface area contributed by atoms with Crippen LogP contribution in [0.15, 0.2) is 27.6 Å². The molecule has 0 amide bonds. The number of sulfone groups is 1. The Morgan fingerprint density at radius 2 is 2.06 bits per heavy atom. The SMILES string of the molecule is O=C(O)c1ccc(Br)cc1S(=O)(=O)CC1CC1. The van der Waals surface area contributed by atoms with Crippen molar-refractivity contribution in [2.75, 3.05) is 5.75 Å². The van der Waals surface area contributed by atoms with E-state index < -0.39 is 15.8 Å². The van der Waals surface area contributed by atoms with Crippen LogP contribution in [0.5, 0.6) is 0 Å². The van der Waals surface area contributed by atoms with Crippen LogP contribution in [0.2, 0.25) is 0 Å². The van der Waals surface area contributed by atoms with E-state index in [1.54, 1.807) is 0 Å². The van der Waals surface area contributed by atoms with E-state index in [4.69, 9.17) is 5.11 Å². The molecule has 0 unspecified atom stereocenters. The fourth-order valence-electron chi connectivity index (χ4n) is 1.61. The molecule has 17 heavy (non-hydrogen) atoms. The molecule has 0 radical (unpaired) electrons. The highest BCUT2D eigenvalue weighted by Crippen LogP contribution is 2.33. The minimum Gasteiger partial charge on any atom is -0.478 e. The number of hydrogen-bond acceptors (Lipinski definition) is 3. The average Bonchev–Trinajstić information content (AvgIpc) is 3.00. The van der Waals surface area contributed by atoms with Crippen molar-refractivity contribution in [1.82, 2.24) is 0 Å². The second kappa shape index (κ2) is 4.42. The molecule has 1 saturated carbocycles. The zero-order valence-corrected chi connectivity index (χ0v) is 11.3. The fraction of sp³-hybridized carbons (Fsp3) is 0.364. The van der Waals surface area contributed by atoms with Gasteiger partial charge in [-0.2, -0.15) is 0 Å². The maximum absolute atomic E-state index is 12.1. The molecule has 0 heterocycles. The number of carboxylic acids is 1. The summed E-state index contributed by atoms with van der Waals surface area (Å²) in [4.78, 5) is 10.9. The summed E-state index contributed by atoms with van der Waals surface area (Å²) < 4.78 is 24.7. The average molecular weight is 319 g/mol. The van der Waals surface area contributed by atoms with Crippen molar-refractivity contribution in [2.24, 2.45) is 5.92 Å². The molecule has 0 aromatic heterocycles. The number of carboxylic acid groups (broad SMARTS) is 1. The molecule has 2 rings (SSSR count). The molecule has 1 aliphatic rings. The lowest BCUT2D eigenvalue weighted by molar-refractivity contribution is 0.0692. The minimum absolute atomic E-state index is 0.0454. The van der Waals surface area contributed by atoms with Gasteiger partial charge in [-0.25, -0.2) is 13.2 Å². The van der Waals surface area contributed by atoms with Crippen LogP contribution in [-0.4, -0.2) is 25.2 Å². The van der Waals surface area contributed by atoms with Gasteiger partial charge in [-0.05, 0) is 37.0 Å². The Bertz CT molecular complexity index is 561. The van der Waals surface area contributed by atoms with Gasteiger partial charge in [-0.15, -0.1) is 0 Å². The summed E-state index contributed by atoms with van der Waals surface area (Å²) >= 11 is 3.16. The van der Waals surface area contributed by atoms with Gasteiger partial charge in [0.2, 0.25) is 0 Å². The Morgan fingerprint density at radius 1 is 1.41 bits per heavy atom. The molecular weight excluding hydrogens is 308 g/mol. The number of carbonyl (C=O) groups is 1. The van der Waals surface area contributed by atoms with Crippen LogP contribution in [0.25, 0.3) is 0 Å². The van der Waals surface area contributed by atoms with Crippen LogP contribution >= 0.6 is 15.9 Å². The van der Waals surface area contributed by atoms with Crippen LogP contribution in [0.4, 0.5) is 0 Å². The summed E-state index contributed by atoms with van der Waals surface area (Å²) in [5.41, 5.74) is -0.158. The Kier molecular flexibility index (Phi) is 3.27. The summed E-state index contributed by atoms with van der Waals surface area (Å²) in [7, 11) is -3.51. The molecular formula is C11H11BrO4S. The Hall–Kier alpha value is -0.880. The first kappa shape index (κ1) is 12.6. The van der Waals surface area contributed by atoms with E-state index in [2.05, 4.69) is 15.9 Å². The third-order valence-electron chi connectivity index (χ3n) is 2.66. The zero-order valence-electron chi connectivity index (χ0n) is 8.89. The molecule has 1 fully saturated rings. The Balaban J connectivity index is 2.48. The highest BCUT2D eigenvalue weighted by Gasteiger charge is 2.31. The molecule has 1 aromatic carbocycles. The number of benzene rings is 1. The molecule has 1 aromatic rings. The molecule has 92 valence electrons. The van der Waals surface area contributed by atoms with Crippen LogP contribution < -0.4 is 0 Å². The van der Waals surface area contributed by atoms with E-state index in [9.17, 15) is 13.2 Å². The van der Waals surface area contributed by atoms with Gasteiger partial charge in [0.25, 0.3) is 0 Å². The van der Waals surface area contributed by atoms with Crippen molar-refractivity contribution in [1.29, 1.82) is 0 Å².